The first-order chi connectivity index (χ1) is 8.74. The molecule has 0 aromatic carbocycles. The number of carboxylic acids is 1. The van der Waals surface area contributed by atoms with E-state index in [0.29, 0.717) is 6.10 Å². The molecular weight excluding hydrogens is 250 g/mol. The van der Waals surface area contributed by atoms with E-state index in [1.54, 1.807) is 11.3 Å². The number of hydrogen-bond acceptors (Lipinski definition) is 4. The lowest BCUT2D eigenvalue weighted by Gasteiger charge is -2.09. The number of ether oxygens (including phenoxy) is 1. The van der Waals surface area contributed by atoms with Crippen molar-refractivity contribution in [1.29, 1.82) is 0 Å². The predicted molar refractivity (Wildman–Crippen MR) is 71.0 cm³/mol. The molecule has 0 amide bonds. The molecule has 4 nitrogen and oxygen atoms in total. The second-order valence-corrected chi connectivity index (χ2v) is 5.79. The molecular formula is C13H19NO3S. The van der Waals surface area contributed by atoms with Gasteiger partial charge in [-0.15, -0.1) is 11.3 Å². The summed E-state index contributed by atoms with van der Waals surface area (Å²) in [4.78, 5) is 12.7. The molecule has 2 rings (SSSR count). The third-order valence-electron chi connectivity index (χ3n) is 3.01. The Morgan fingerprint density at radius 2 is 2.33 bits per heavy atom. The van der Waals surface area contributed by atoms with E-state index in [4.69, 9.17) is 9.84 Å². The molecule has 1 aliphatic rings. The Balaban J connectivity index is 1.63. The van der Waals surface area contributed by atoms with Crippen molar-refractivity contribution in [1.82, 2.24) is 5.32 Å². The van der Waals surface area contributed by atoms with Gasteiger partial charge in [0.1, 0.15) is 0 Å². The molecule has 1 aliphatic heterocycles. The van der Waals surface area contributed by atoms with E-state index in [-0.39, 0.29) is 6.42 Å². The summed E-state index contributed by atoms with van der Waals surface area (Å²) in [5, 5.41) is 12.1. The highest BCUT2D eigenvalue weighted by Crippen LogP contribution is 2.17. The summed E-state index contributed by atoms with van der Waals surface area (Å²) in [6.07, 6.45) is 3.99. The van der Waals surface area contributed by atoms with Crippen LogP contribution in [0.5, 0.6) is 0 Å². The van der Waals surface area contributed by atoms with E-state index in [1.807, 2.05) is 12.1 Å². The molecule has 1 saturated heterocycles. The van der Waals surface area contributed by atoms with Gasteiger partial charge < -0.3 is 15.2 Å². The summed E-state index contributed by atoms with van der Waals surface area (Å²) in [6.45, 7) is 2.68. The molecule has 1 unspecified atom stereocenters. The van der Waals surface area contributed by atoms with Crippen molar-refractivity contribution in [2.24, 2.45) is 0 Å². The number of aliphatic carboxylic acids is 1. The van der Waals surface area contributed by atoms with Crippen LogP contribution in [0, 0.1) is 0 Å². The van der Waals surface area contributed by atoms with Gasteiger partial charge in [0, 0.05) is 22.9 Å². The maximum atomic E-state index is 10.6. The molecule has 1 aromatic rings. The van der Waals surface area contributed by atoms with E-state index in [9.17, 15) is 4.79 Å². The zero-order chi connectivity index (χ0) is 12.8. The minimum atomic E-state index is -0.769. The lowest BCUT2D eigenvalue weighted by molar-refractivity contribution is -0.136. The Hall–Kier alpha value is -0.910. The van der Waals surface area contributed by atoms with Crippen LogP contribution < -0.4 is 5.32 Å². The lowest BCUT2D eigenvalue weighted by atomic mass is 10.2. The summed E-state index contributed by atoms with van der Waals surface area (Å²) in [5.41, 5.74) is 0. The van der Waals surface area contributed by atoms with Gasteiger partial charge in [-0.1, -0.05) is 0 Å². The maximum Gasteiger partial charge on any atom is 0.308 e. The summed E-state index contributed by atoms with van der Waals surface area (Å²) < 4.78 is 5.55. The summed E-state index contributed by atoms with van der Waals surface area (Å²) in [7, 11) is 0. The fourth-order valence-electron chi connectivity index (χ4n) is 2.11. The van der Waals surface area contributed by atoms with Gasteiger partial charge in [0.05, 0.1) is 12.5 Å². The third-order valence-corrected chi connectivity index (χ3v) is 4.09. The zero-order valence-electron chi connectivity index (χ0n) is 10.4. The van der Waals surface area contributed by atoms with Crippen molar-refractivity contribution in [3.63, 3.8) is 0 Å². The fraction of sp³-hybridized carbons (Fsp3) is 0.615. The molecule has 0 bridgehead atoms. The smallest absolute Gasteiger partial charge is 0.308 e. The van der Waals surface area contributed by atoms with E-state index in [0.717, 1.165) is 31.0 Å². The van der Waals surface area contributed by atoms with Crippen molar-refractivity contribution < 1.29 is 14.6 Å². The lowest BCUT2D eigenvalue weighted by Crippen LogP contribution is -2.19. The van der Waals surface area contributed by atoms with Crippen LogP contribution in [0.1, 0.15) is 29.0 Å². The second kappa shape index (κ2) is 6.87. The Morgan fingerprint density at radius 1 is 1.50 bits per heavy atom. The topological polar surface area (TPSA) is 58.6 Å². The van der Waals surface area contributed by atoms with E-state index in [1.165, 1.54) is 17.7 Å². The molecule has 5 heteroatoms. The van der Waals surface area contributed by atoms with Crippen LogP contribution in [0.25, 0.3) is 0 Å². The van der Waals surface area contributed by atoms with Crippen molar-refractivity contribution in [2.45, 2.75) is 38.3 Å². The second-order valence-electron chi connectivity index (χ2n) is 4.54. The Labute approximate surface area is 111 Å². The van der Waals surface area contributed by atoms with Gasteiger partial charge in [0.2, 0.25) is 0 Å². The monoisotopic (exact) mass is 269 g/mol. The molecule has 0 saturated carbocycles. The molecule has 0 radical (unpaired) electrons. The molecule has 1 fully saturated rings. The Bertz CT molecular complexity index is 385. The number of hydrogen-bond donors (Lipinski definition) is 2. The van der Waals surface area contributed by atoms with Crippen molar-refractivity contribution >= 4 is 17.3 Å². The highest BCUT2D eigenvalue weighted by Gasteiger charge is 2.14. The number of rotatable bonds is 7. The van der Waals surface area contributed by atoms with E-state index in [2.05, 4.69) is 5.32 Å². The Morgan fingerprint density at radius 3 is 3.06 bits per heavy atom. The highest BCUT2D eigenvalue weighted by molar-refractivity contribution is 7.12. The molecule has 2 N–H and O–H groups in total. The van der Waals surface area contributed by atoms with Gasteiger partial charge in [-0.2, -0.15) is 0 Å². The van der Waals surface area contributed by atoms with Crippen molar-refractivity contribution in [3.8, 4) is 0 Å². The fourth-order valence-corrected chi connectivity index (χ4v) is 3.09. The van der Waals surface area contributed by atoms with Gasteiger partial charge in [-0.3, -0.25) is 4.79 Å². The van der Waals surface area contributed by atoms with Crippen LogP contribution in [0.2, 0.25) is 0 Å². The summed E-state index contributed by atoms with van der Waals surface area (Å²) in [6, 6.07) is 3.90. The van der Waals surface area contributed by atoms with Crippen LogP contribution >= 0.6 is 11.3 Å². The molecule has 2 heterocycles. The van der Waals surface area contributed by atoms with Crippen molar-refractivity contribution in [3.05, 3.63) is 21.9 Å². The van der Waals surface area contributed by atoms with Crippen LogP contribution in [-0.4, -0.2) is 30.3 Å². The molecule has 0 spiro atoms. The largest absolute Gasteiger partial charge is 0.481 e. The molecule has 0 aliphatic carbocycles. The quantitative estimate of drug-likeness (QED) is 0.744. The maximum absolute atomic E-state index is 10.6. The van der Waals surface area contributed by atoms with E-state index >= 15 is 0 Å². The third kappa shape index (κ3) is 4.40. The van der Waals surface area contributed by atoms with E-state index < -0.39 is 5.97 Å². The highest BCUT2D eigenvalue weighted by atomic mass is 32.1. The Kier molecular flexibility index (Phi) is 5.16. The first kappa shape index (κ1) is 13.5. The van der Waals surface area contributed by atoms with Gasteiger partial charge in [-0.05, 0) is 37.9 Å². The summed E-state index contributed by atoms with van der Waals surface area (Å²) in [5.74, 6) is -0.769. The number of nitrogens with one attached hydrogen (secondary N) is 1. The standard InChI is InChI=1S/C13H19NO3S/c15-13(16)8-11-3-4-12(18-11)9-14-6-5-10-2-1-7-17-10/h3-4,10,14H,1-2,5-9H2,(H,15,16). The van der Waals surface area contributed by atoms with Crippen molar-refractivity contribution in [2.75, 3.05) is 13.2 Å². The molecule has 18 heavy (non-hydrogen) atoms. The van der Waals surface area contributed by atoms with Crippen LogP contribution in [0.4, 0.5) is 0 Å². The normalized spacial score (nSPS) is 19.2. The van der Waals surface area contributed by atoms with Gasteiger partial charge >= 0.3 is 5.97 Å². The average molecular weight is 269 g/mol. The number of carbonyl (C=O) groups is 1. The van der Waals surface area contributed by atoms with Gasteiger partial charge in [-0.25, -0.2) is 0 Å². The molecule has 1 atom stereocenters. The SMILES string of the molecule is O=C(O)Cc1ccc(CNCCC2CCCO2)s1. The van der Waals surface area contributed by atoms with Crippen LogP contribution in [-0.2, 0) is 22.5 Å². The average Bonchev–Trinajstić information content (AvgIpc) is 2.95. The van der Waals surface area contributed by atoms with Gasteiger partial charge in [0.25, 0.3) is 0 Å². The minimum Gasteiger partial charge on any atom is -0.481 e. The predicted octanol–water partition coefficient (Wildman–Crippen LogP) is 2.03. The van der Waals surface area contributed by atoms with Gasteiger partial charge in [0.15, 0.2) is 0 Å². The summed E-state index contributed by atoms with van der Waals surface area (Å²) >= 11 is 1.57. The first-order valence-electron chi connectivity index (χ1n) is 6.36. The molecule has 100 valence electrons. The number of carboxylic acid groups (broad SMARTS) is 1. The molecule has 1 aromatic heterocycles. The van der Waals surface area contributed by atoms with Crippen LogP contribution in [0.15, 0.2) is 12.1 Å². The zero-order valence-corrected chi connectivity index (χ0v) is 11.2. The number of thiophene rings is 1. The van der Waals surface area contributed by atoms with Crippen LogP contribution in [0.3, 0.4) is 0 Å². The first-order valence-corrected chi connectivity index (χ1v) is 7.17. The minimum absolute atomic E-state index is 0.126.